The molecule has 28 heavy (non-hydrogen) atoms. The van der Waals surface area contributed by atoms with Crippen molar-refractivity contribution in [1.82, 2.24) is 9.88 Å². The second kappa shape index (κ2) is 8.24. The van der Waals surface area contributed by atoms with Gasteiger partial charge in [-0.2, -0.15) is 0 Å². The molecular formula is C25H25N3. The molecule has 0 saturated carbocycles. The van der Waals surface area contributed by atoms with E-state index in [0.29, 0.717) is 0 Å². The van der Waals surface area contributed by atoms with E-state index in [1.54, 1.807) is 0 Å². The molecule has 3 nitrogen and oxygen atoms in total. The molecule has 0 unspecified atom stereocenters. The largest absolute Gasteiger partial charge is 0.368 e. The lowest BCUT2D eigenvalue weighted by atomic mass is 9.91. The zero-order chi connectivity index (χ0) is 19.3. The van der Waals surface area contributed by atoms with Gasteiger partial charge in [-0.15, -0.1) is 0 Å². The van der Waals surface area contributed by atoms with Crippen LogP contribution in [0.3, 0.4) is 0 Å². The zero-order valence-electron chi connectivity index (χ0n) is 16.4. The summed E-state index contributed by atoms with van der Waals surface area (Å²) in [5.41, 5.74) is 5.77. The first-order chi connectivity index (χ1) is 13.7. The molecule has 0 radical (unpaired) electrons. The highest BCUT2D eigenvalue weighted by atomic mass is 15.1. The van der Waals surface area contributed by atoms with Crippen LogP contribution in [0, 0.1) is 0 Å². The fourth-order valence-electron chi connectivity index (χ4n) is 3.53. The summed E-state index contributed by atoms with van der Waals surface area (Å²) in [6.07, 6.45) is 0. The van der Waals surface area contributed by atoms with Crippen molar-refractivity contribution in [3.05, 3.63) is 84.9 Å². The maximum atomic E-state index is 5.00. The Kier molecular flexibility index (Phi) is 5.36. The minimum atomic E-state index is 0.840. The average molecular weight is 367 g/mol. The fourth-order valence-corrected chi connectivity index (χ4v) is 3.53. The molecule has 0 atom stereocenters. The SMILES string of the molecule is CN(C)CCNc1nc2ccccc2c(-c2ccccc2)c1-c1ccccc1. The number of para-hydroxylation sites is 1. The van der Waals surface area contributed by atoms with E-state index < -0.39 is 0 Å². The van der Waals surface area contributed by atoms with Crippen molar-refractivity contribution in [2.24, 2.45) is 0 Å². The molecule has 1 aromatic heterocycles. The summed E-state index contributed by atoms with van der Waals surface area (Å²) in [5.74, 6) is 0.936. The molecule has 1 heterocycles. The van der Waals surface area contributed by atoms with Crippen LogP contribution < -0.4 is 5.32 Å². The third-order valence-corrected chi connectivity index (χ3v) is 4.87. The van der Waals surface area contributed by atoms with E-state index in [1.165, 1.54) is 22.1 Å². The topological polar surface area (TPSA) is 28.2 Å². The van der Waals surface area contributed by atoms with Crippen molar-refractivity contribution in [2.45, 2.75) is 0 Å². The van der Waals surface area contributed by atoms with E-state index in [1.807, 2.05) is 0 Å². The van der Waals surface area contributed by atoms with Crippen molar-refractivity contribution >= 4 is 16.7 Å². The van der Waals surface area contributed by atoms with Gasteiger partial charge in [0.05, 0.1) is 5.52 Å². The first kappa shape index (κ1) is 18.2. The zero-order valence-corrected chi connectivity index (χ0v) is 16.4. The van der Waals surface area contributed by atoms with Gasteiger partial charge in [-0.3, -0.25) is 0 Å². The van der Waals surface area contributed by atoms with E-state index in [-0.39, 0.29) is 0 Å². The normalized spacial score (nSPS) is 11.1. The Morgan fingerprint density at radius 2 is 1.29 bits per heavy atom. The van der Waals surface area contributed by atoms with E-state index in [4.69, 9.17) is 4.98 Å². The predicted molar refractivity (Wildman–Crippen MR) is 120 cm³/mol. The van der Waals surface area contributed by atoms with Crippen LogP contribution in [0.15, 0.2) is 84.9 Å². The summed E-state index contributed by atoms with van der Waals surface area (Å²) in [6.45, 7) is 1.79. The summed E-state index contributed by atoms with van der Waals surface area (Å²) < 4.78 is 0. The van der Waals surface area contributed by atoms with Crippen molar-refractivity contribution < 1.29 is 0 Å². The minimum Gasteiger partial charge on any atom is -0.368 e. The van der Waals surface area contributed by atoms with Crippen LogP contribution >= 0.6 is 0 Å². The Balaban J connectivity index is 1.99. The molecule has 0 aliphatic carbocycles. The van der Waals surface area contributed by atoms with Gasteiger partial charge in [0.2, 0.25) is 0 Å². The molecule has 0 saturated heterocycles. The maximum Gasteiger partial charge on any atom is 0.135 e. The maximum absolute atomic E-state index is 5.00. The molecule has 0 bridgehead atoms. The molecule has 0 amide bonds. The van der Waals surface area contributed by atoms with Gasteiger partial charge < -0.3 is 10.2 Å². The van der Waals surface area contributed by atoms with Gasteiger partial charge in [-0.25, -0.2) is 4.98 Å². The van der Waals surface area contributed by atoms with Crippen molar-refractivity contribution in [3.8, 4) is 22.3 Å². The highest BCUT2D eigenvalue weighted by Crippen LogP contribution is 2.41. The Labute approximate surface area is 166 Å². The third kappa shape index (κ3) is 3.75. The molecule has 0 spiro atoms. The van der Waals surface area contributed by atoms with Crippen LogP contribution in [-0.2, 0) is 0 Å². The highest BCUT2D eigenvalue weighted by molar-refractivity contribution is 6.06. The van der Waals surface area contributed by atoms with Gasteiger partial charge in [-0.05, 0) is 31.3 Å². The van der Waals surface area contributed by atoms with Crippen LogP contribution in [0.2, 0.25) is 0 Å². The van der Waals surface area contributed by atoms with Crippen molar-refractivity contribution in [3.63, 3.8) is 0 Å². The molecule has 140 valence electrons. The number of rotatable bonds is 6. The highest BCUT2D eigenvalue weighted by Gasteiger charge is 2.18. The smallest absolute Gasteiger partial charge is 0.135 e. The summed E-state index contributed by atoms with van der Waals surface area (Å²) in [4.78, 5) is 7.18. The van der Waals surface area contributed by atoms with Crippen LogP contribution in [0.4, 0.5) is 5.82 Å². The van der Waals surface area contributed by atoms with Gasteiger partial charge in [0.1, 0.15) is 5.82 Å². The molecule has 0 aliphatic rings. The Morgan fingerprint density at radius 1 is 0.714 bits per heavy atom. The van der Waals surface area contributed by atoms with Crippen LogP contribution in [0.5, 0.6) is 0 Å². The van der Waals surface area contributed by atoms with E-state index in [9.17, 15) is 0 Å². The number of benzene rings is 3. The first-order valence-electron chi connectivity index (χ1n) is 9.66. The number of likely N-dealkylation sites (N-methyl/N-ethyl adjacent to an activating group) is 1. The third-order valence-electron chi connectivity index (χ3n) is 4.87. The summed E-state index contributed by atoms with van der Waals surface area (Å²) in [7, 11) is 4.17. The summed E-state index contributed by atoms with van der Waals surface area (Å²) in [6, 6.07) is 29.6. The number of anilines is 1. The monoisotopic (exact) mass is 367 g/mol. The molecule has 1 N–H and O–H groups in total. The molecule has 4 aromatic rings. The Bertz CT molecular complexity index is 1060. The van der Waals surface area contributed by atoms with E-state index in [2.05, 4.69) is 109 Å². The quantitative estimate of drug-likeness (QED) is 0.485. The van der Waals surface area contributed by atoms with Gasteiger partial charge >= 0.3 is 0 Å². The lowest BCUT2D eigenvalue weighted by molar-refractivity contribution is 0.425. The molecule has 4 rings (SSSR count). The molecule has 3 aromatic carbocycles. The van der Waals surface area contributed by atoms with Gasteiger partial charge in [0.25, 0.3) is 0 Å². The van der Waals surface area contributed by atoms with Crippen molar-refractivity contribution in [2.75, 3.05) is 32.5 Å². The van der Waals surface area contributed by atoms with E-state index in [0.717, 1.165) is 30.0 Å². The number of nitrogens with zero attached hydrogens (tertiary/aromatic N) is 2. The molecule has 3 heteroatoms. The van der Waals surface area contributed by atoms with Gasteiger partial charge in [0.15, 0.2) is 0 Å². The number of aromatic nitrogens is 1. The van der Waals surface area contributed by atoms with Gasteiger partial charge in [-0.1, -0.05) is 78.9 Å². The van der Waals surface area contributed by atoms with E-state index >= 15 is 0 Å². The number of nitrogens with one attached hydrogen (secondary N) is 1. The number of hydrogen-bond acceptors (Lipinski definition) is 3. The number of pyridine rings is 1. The standard InChI is InChI=1S/C25H25N3/c1-28(2)18-17-26-25-24(20-13-7-4-8-14-20)23(19-11-5-3-6-12-19)21-15-9-10-16-22(21)27-25/h3-16H,17-18H2,1-2H3,(H,26,27). The second-order valence-corrected chi connectivity index (χ2v) is 7.19. The van der Waals surface area contributed by atoms with Gasteiger partial charge in [0, 0.05) is 29.6 Å². The lowest BCUT2D eigenvalue weighted by Crippen LogP contribution is -2.21. The van der Waals surface area contributed by atoms with Crippen molar-refractivity contribution in [1.29, 1.82) is 0 Å². The minimum absolute atomic E-state index is 0.840. The Morgan fingerprint density at radius 3 is 1.93 bits per heavy atom. The predicted octanol–water partition coefficient (Wildman–Crippen LogP) is 5.54. The fraction of sp³-hybridized carbons (Fsp3) is 0.160. The summed E-state index contributed by atoms with van der Waals surface area (Å²) >= 11 is 0. The first-order valence-corrected chi connectivity index (χ1v) is 9.66. The number of hydrogen-bond donors (Lipinski definition) is 1. The molecule has 0 fully saturated rings. The molecular weight excluding hydrogens is 342 g/mol. The van der Waals surface area contributed by atoms with Crippen LogP contribution in [0.25, 0.3) is 33.2 Å². The number of fused-ring (bicyclic) bond motifs is 1. The van der Waals surface area contributed by atoms with Crippen LogP contribution in [0.1, 0.15) is 0 Å². The average Bonchev–Trinajstić information content (AvgIpc) is 2.74. The lowest BCUT2D eigenvalue weighted by Gasteiger charge is -2.19. The second-order valence-electron chi connectivity index (χ2n) is 7.19. The molecule has 0 aliphatic heterocycles. The van der Waals surface area contributed by atoms with Crippen LogP contribution in [-0.4, -0.2) is 37.1 Å². The summed E-state index contributed by atoms with van der Waals surface area (Å²) in [5, 5.41) is 4.76. The Hall–Kier alpha value is -3.17.